The molecule has 0 spiro atoms. The minimum absolute atomic E-state index is 0.267. The molecule has 1 aliphatic rings. The molecule has 2 rings (SSSR count). The second kappa shape index (κ2) is 5.99. The minimum Gasteiger partial charge on any atom is -0.344 e. The first-order valence-corrected chi connectivity index (χ1v) is 6.93. The lowest BCUT2D eigenvalue weighted by Crippen LogP contribution is -2.29. The summed E-state index contributed by atoms with van der Waals surface area (Å²) in [6, 6.07) is 0. The molecule has 5 heteroatoms. The first-order chi connectivity index (χ1) is 9.13. The van der Waals surface area contributed by atoms with E-state index >= 15 is 0 Å². The average molecular weight is 262 g/mol. The smallest absolute Gasteiger partial charge is 0.225 e. The van der Waals surface area contributed by atoms with Crippen molar-refractivity contribution in [2.75, 3.05) is 31.6 Å². The summed E-state index contributed by atoms with van der Waals surface area (Å²) in [7, 11) is 1.99. The third-order valence-corrected chi connectivity index (χ3v) is 3.65. The van der Waals surface area contributed by atoms with Crippen molar-refractivity contribution in [3.63, 3.8) is 0 Å². The Balaban J connectivity index is 1.93. The van der Waals surface area contributed by atoms with E-state index in [1.807, 2.05) is 36.2 Å². The van der Waals surface area contributed by atoms with Gasteiger partial charge in [-0.15, -0.1) is 0 Å². The molecule has 5 nitrogen and oxygen atoms in total. The van der Waals surface area contributed by atoms with Crippen molar-refractivity contribution in [1.82, 2.24) is 14.9 Å². The summed E-state index contributed by atoms with van der Waals surface area (Å²) in [5.74, 6) is 1.38. The number of aromatic nitrogens is 2. The van der Waals surface area contributed by atoms with E-state index in [2.05, 4.69) is 16.9 Å². The molecule has 0 saturated carbocycles. The maximum absolute atomic E-state index is 11.7. The Morgan fingerprint density at radius 2 is 2.05 bits per heavy atom. The van der Waals surface area contributed by atoms with Gasteiger partial charge in [-0.05, 0) is 18.9 Å². The van der Waals surface area contributed by atoms with Gasteiger partial charge in [0.05, 0.1) is 0 Å². The summed E-state index contributed by atoms with van der Waals surface area (Å²) < 4.78 is 0. The van der Waals surface area contributed by atoms with Crippen molar-refractivity contribution in [1.29, 1.82) is 0 Å². The Kier molecular flexibility index (Phi) is 4.35. The van der Waals surface area contributed by atoms with Crippen molar-refractivity contribution >= 4 is 11.9 Å². The molecule has 0 aliphatic carbocycles. The van der Waals surface area contributed by atoms with E-state index in [4.69, 9.17) is 0 Å². The molecular formula is C14H22N4O. The first-order valence-electron chi connectivity index (χ1n) is 6.93. The molecule has 0 bridgehead atoms. The number of nitrogens with zero attached hydrogens (tertiary/aromatic N) is 4. The van der Waals surface area contributed by atoms with Gasteiger partial charge in [0.1, 0.15) is 0 Å². The van der Waals surface area contributed by atoms with Crippen molar-refractivity contribution in [2.45, 2.75) is 26.7 Å². The fraction of sp³-hybridized carbons (Fsp3) is 0.643. The second-order valence-corrected chi connectivity index (χ2v) is 5.13. The summed E-state index contributed by atoms with van der Waals surface area (Å²) in [6.07, 6.45) is 5.34. The van der Waals surface area contributed by atoms with E-state index in [-0.39, 0.29) is 5.91 Å². The highest BCUT2D eigenvalue weighted by atomic mass is 16.2. The Morgan fingerprint density at radius 1 is 1.37 bits per heavy atom. The molecule has 1 atom stereocenters. The molecule has 2 heterocycles. The highest BCUT2D eigenvalue weighted by Crippen LogP contribution is 2.19. The molecular weight excluding hydrogens is 240 g/mol. The Morgan fingerprint density at radius 3 is 2.58 bits per heavy atom. The lowest BCUT2D eigenvalue weighted by molar-refractivity contribution is -0.127. The maximum atomic E-state index is 11.7. The van der Waals surface area contributed by atoms with Gasteiger partial charge in [-0.25, -0.2) is 9.97 Å². The molecule has 0 unspecified atom stereocenters. The van der Waals surface area contributed by atoms with Crippen LogP contribution >= 0.6 is 0 Å². The van der Waals surface area contributed by atoms with Gasteiger partial charge in [-0.2, -0.15) is 0 Å². The van der Waals surface area contributed by atoms with E-state index in [1.165, 1.54) is 0 Å². The zero-order valence-corrected chi connectivity index (χ0v) is 12.0. The van der Waals surface area contributed by atoms with Gasteiger partial charge in [-0.1, -0.05) is 6.92 Å². The molecule has 0 N–H and O–H groups in total. The fourth-order valence-electron chi connectivity index (χ4n) is 2.48. The van der Waals surface area contributed by atoms with Crippen molar-refractivity contribution in [2.24, 2.45) is 5.92 Å². The number of hydrogen-bond donors (Lipinski definition) is 0. The van der Waals surface area contributed by atoms with Gasteiger partial charge in [0.2, 0.25) is 11.9 Å². The lowest BCUT2D eigenvalue weighted by atomic mass is 10.1. The predicted octanol–water partition coefficient (Wildman–Crippen LogP) is 1.34. The van der Waals surface area contributed by atoms with E-state index in [9.17, 15) is 4.79 Å². The number of rotatable bonds is 5. The summed E-state index contributed by atoms with van der Waals surface area (Å²) in [5.41, 5.74) is 1.14. The largest absolute Gasteiger partial charge is 0.344 e. The van der Waals surface area contributed by atoms with Crippen LogP contribution in [0.3, 0.4) is 0 Å². The molecule has 1 aromatic rings. The van der Waals surface area contributed by atoms with E-state index in [1.54, 1.807) is 0 Å². The normalized spacial score (nSPS) is 19.0. The highest BCUT2D eigenvalue weighted by molar-refractivity contribution is 5.78. The van der Waals surface area contributed by atoms with Gasteiger partial charge < -0.3 is 9.80 Å². The number of hydrogen-bond acceptors (Lipinski definition) is 4. The van der Waals surface area contributed by atoms with Crippen LogP contribution in [0.2, 0.25) is 0 Å². The molecule has 19 heavy (non-hydrogen) atoms. The van der Waals surface area contributed by atoms with Gasteiger partial charge in [-0.3, -0.25) is 4.79 Å². The predicted molar refractivity (Wildman–Crippen MR) is 75.0 cm³/mol. The monoisotopic (exact) mass is 262 g/mol. The number of carbonyl (C=O) groups excluding carboxylic acids is 1. The molecule has 1 amide bonds. The third kappa shape index (κ3) is 3.22. The van der Waals surface area contributed by atoms with Crippen LogP contribution in [0.15, 0.2) is 12.4 Å². The summed E-state index contributed by atoms with van der Waals surface area (Å²) >= 11 is 0. The quantitative estimate of drug-likeness (QED) is 0.803. The zero-order chi connectivity index (χ0) is 13.8. The van der Waals surface area contributed by atoms with Crippen LogP contribution in [0.5, 0.6) is 0 Å². The third-order valence-electron chi connectivity index (χ3n) is 3.65. The minimum atomic E-state index is 0.267. The Hall–Kier alpha value is -1.65. The van der Waals surface area contributed by atoms with E-state index in [0.29, 0.717) is 12.3 Å². The highest BCUT2D eigenvalue weighted by Gasteiger charge is 2.29. The molecule has 1 saturated heterocycles. The summed E-state index contributed by atoms with van der Waals surface area (Å²) in [6.45, 7) is 6.60. The van der Waals surface area contributed by atoms with Crippen LogP contribution in [-0.4, -0.2) is 47.5 Å². The Bertz CT molecular complexity index is 432. The molecule has 1 fully saturated rings. The topological polar surface area (TPSA) is 49.3 Å². The number of amides is 1. The number of carbonyl (C=O) groups is 1. The summed E-state index contributed by atoms with van der Waals surface area (Å²) in [4.78, 5) is 24.4. The van der Waals surface area contributed by atoms with E-state index in [0.717, 1.165) is 37.6 Å². The zero-order valence-electron chi connectivity index (χ0n) is 12.0. The molecule has 1 aromatic heterocycles. The lowest BCUT2D eigenvalue weighted by Gasteiger charge is -2.21. The second-order valence-electron chi connectivity index (χ2n) is 5.13. The van der Waals surface area contributed by atoms with E-state index < -0.39 is 0 Å². The van der Waals surface area contributed by atoms with Crippen LogP contribution in [0.1, 0.15) is 25.8 Å². The average Bonchev–Trinajstić information content (AvgIpc) is 2.78. The number of anilines is 1. The SMILES string of the molecule is CCc1cnc(N(C)C[C@@H]2CC(=O)N(CC)C2)nc1. The van der Waals surface area contributed by atoms with Gasteiger partial charge in [0.25, 0.3) is 0 Å². The first kappa shape index (κ1) is 13.8. The Labute approximate surface area is 114 Å². The maximum Gasteiger partial charge on any atom is 0.225 e. The van der Waals surface area contributed by atoms with Crippen molar-refractivity contribution in [3.8, 4) is 0 Å². The molecule has 104 valence electrons. The van der Waals surface area contributed by atoms with Crippen molar-refractivity contribution < 1.29 is 4.79 Å². The van der Waals surface area contributed by atoms with Crippen LogP contribution in [-0.2, 0) is 11.2 Å². The van der Waals surface area contributed by atoms with Crippen LogP contribution < -0.4 is 4.90 Å². The van der Waals surface area contributed by atoms with Gasteiger partial charge >= 0.3 is 0 Å². The van der Waals surface area contributed by atoms with Gasteiger partial charge in [0, 0.05) is 51.4 Å². The molecule has 0 aromatic carbocycles. The molecule has 0 radical (unpaired) electrons. The molecule has 1 aliphatic heterocycles. The standard InChI is InChI=1S/C14H22N4O/c1-4-11-7-15-14(16-8-11)17(3)9-12-6-13(19)18(5-2)10-12/h7-8,12H,4-6,9-10H2,1-3H3/t12-/m0/s1. The summed E-state index contributed by atoms with van der Waals surface area (Å²) in [5, 5.41) is 0. The van der Waals surface area contributed by atoms with Crippen molar-refractivity contribution in [3.05, 3.63) is 18.0 Å². The van der Waals surface area contributed by atoms with Crippen LogP contribution in [0, 0.1) is 5.92 Å². The fourth-order valence-corrected chi connectivity index (χ4v) is 2.48. The number of aryl methyl sites for hydroxylation is 1. The number of likely N-dealkylation sites (tertiary alicyclic amines) is 1. The van der Waals surface area contributed by atoms with Crippen LogP contribution in [0.25, 0.3) is 0 Å². The van der Waals surface area contributed by atoms with Crippen LogP contribution in [0.4, 0.5) is 5.95 Å². The van der Waals surface area contributed by atoms with Gasteiger partial charge in [0.15, 0.2) is 0 Å².